The highest BCUT2D eigenvalue weighted by Gasteiger charge is 2.30. The van der Waals surface area contributed by atoms with E-state index >= 15 is 0 Å². The lowest BCUT2D eigenvalue weighted by Crippen LogP contribution is -2.05. The van der Waals surface area contributed by atoms with Gasteiger partial charge < -0.3 is 9.47 Å². The van der Waals surface area contributed by atoms with E-state index in [9.17, 15) is 18.0 Å². The summed E-state index contributed by atoms with van der Waals surface area (Å²) >= 11 is 0. The van der Waals surface area contributed by atoms with Gasteiger partial charge in [-0.2, -0.15) is 13.2 Å². The molecule has 25 heavy (non-hydrogen) atoms. The van der Waals surface area contributed by atoms with Crippen LogP contribution in [0.2, 0.25) is 0 Å². The molecule has 0 spiro atoms. The first-order valence-corrected chi connectivity index (χ1v) is 7.89. The first-order valence-electron chi connectivity index (χ1n) is 7.89. The second kappa shape index (κ2) is 8.04. The Balaban J connectivity index is 2.21. The topological polar surface area (TPSA) is 53.4 Å². The van der Waals surface area contributed by atoms with Gasteiger partial charge in [0, 0.05) is 18.2 Å². The molecule has 1 heterocycles. The van der Waals surface area contributed by atoms with Crippen LogP contribution in [0.3, 0.4) is 0 Å². The maximum absolute atomic E-state index is 12.6. The van der Waals surface area contributed by atoms with Crippen molar-refractivity contribution in [3.63, 3.8) is 0 Å². The zero-order valence-corrected chi connectivity index (χ0v) is 14.0. The van der Waals surface area contributed by atoms with Crippen molar-refractivity contribution in [1.29, 1.82) is 0 Å². The van der Waals surface area contributed by atoms with Crippen molar-refractivity contribution in [1.82, 2.24) is 9.78 Å². The molecule has 2 aromatic rings. The molecule has 0 aliphatic rings. The highest BCUT2D eigenvalue weighted by atomic mass is 19.4. The van der Waals surface area contributed by atoms with Crippen LogP contribution in [0.15, 0.2) is 30.5 Å². The molecule has 136 valence electrons. The Morgan fingerprint density at radius 1 is 1.16 bits per heavy atom. The molecule has 0 saturated carbocycles. The summed E-state index contributed by atoms with van der Waals surface area (Å²) in [5.41, 5.74) is 0.433. The maximum Gasteiger partial charge on any atom is 0.416 e. The van der Waals surface area contributed by atoms with Gasteiger partial charge in [0.2, 0.25) is 5.88 Å². The zero-order chi connectivity index (χ0) is 18.4. The van der Waals surface area contributed by atoms with Crippen LogP contribution in [0.25, 0.3) is 5.69 Å². The Morgan fingerprint density at radius 2 is 1.84 bits per heavy atom. The van der Waals surface area contributed by atoms with Crippen LogP contribution in [0, 0.1) is 0 Å². The smallest absolute Gasteiger partial charge is 0.416 e. The first-order chi connectivity index (χ1) is 11.8. The van der Waals surface area contributed by atoms with Crippen molar-refractivity contribution in [3.05, 3.63) is 41.6 Å². The number of ether oxygens (including phenoxy) is 2. The van der Waals surface area contributed by atoms with E-state index in [1.54, 1.807) is 20.0 Å². The van der Waals surface area contributed by atoms with Crippen LogP contribution in [-0.2, 0) is 22.1 Å². The van der Waals surface area contributed by atoms with E-state index in [4.69, 9.17) is 9.47 Å². The van der Waals surface area contributed by atoms with E-state index in [0.29, 0.717) is 36.8 Å². The number of carbonyl (C=O) groups is 1. The van der Waals surface area contributed by atoms with E-state index in [0.717, 1.165) is 12.1 Å². The molecular formula is C17H19F3N2O3. The lowest BCUT2D eigenvalue weighted by atomic mass is 10.2. The van der Waals surface area contributed by atoms with Gasteiger partial charge in [0.1, 0.15) is 0 Å². The van der Waals surface area contributed by atoms with Crippen LogP contribution >= 0.6 is 0 Å². The Kier molecular flexibility index (Phi) is 6.06. The number of aryl methyl sites for hydroxylation is 1. The predicted molar refractivity (Wildman–Crippen MR) is 84.7 cm³/mol. The third-order valence-electron chi connectivity index (χ3n) is 3.40. The minimum Gasteiger partial charge on any atom is -0.477 e. The molecule has 0 unspecified atom stereocenters. The van der Waals surface area contributed by atoms with E-state index in [-0.39, 0.29) is 12.4 Å². The Hall–Kier alpha value is -2.51. The number of alkyl halides is 3. The normalized spacial score (nSPS) is 11.4. The molecule has 0 fully saturated rings. The molecule has 0 aliphatic heterocycles. The molecule has 0 amide bonds. The van der Waals surface area contributed by atoms with Gasteiger partial charge in [0.25, 0.3) is 0 Å². The van der Waals surface area contributed by atoms with Crippen molar-refractivity contribution in [2.24, 2.45) is 0 Å². The summed E-state index contributed by atoms with van der Waals surface area (Å²) < 4.78 is 49.7. The second-order valence-electron chi connectivity index (χ2n) is 5.19. The lowest BCUT2D eigenvalue weighted by molar-refractivity contribution is -0.143. The van der Waals surface area contributed by atoms with E-state index in [1.165, 1.54) is 16.8 Å². The lowest BCUT2D eigenvalue weighted by Gasteiger charge is -2.07. The van der Waals surface area contributed by atoms with Gasteiger partial charge >= 0.3 is 12.1 Å². The van der Waals surface area contributed by atoms with Gasteiger partial charge in [-0.15, -0.1) is 5.10 Å². The standard InChI is InChI=1S/C17H19F3N2O3/c1-3-24-15(23)10-5-12-11-22(21-16(12)25-4-2)14-8-6-13(7-9-14)17(18,19)20/h6-9,11H,3-5,10H2,1-2H3. The highest BCUT2D eigenvalue weighted by molar-refractivity contribution is 5.69. The number of nitrogens with zero attached hydrogens (tertiary/aromatic N) is 2. The molecule has 0 aliphatic carbocycles. The van der Waals surface area contributed by atoms with Crippen molar-refractivity contribution in [2.75, 3.05) is 13.2 Å². The molecule has 0 N–H and O–H groups in total. The summed E-state index contributed by atoms with van der Waals surface area (Å²) in [6.07, 6.45) is -2.20. The number of hydrogen-bond acceptors (Lipinski definition) is 4. The number of aromatic nitrogens is 2. The van der Waals surface area contributed by atoms with Crippen LogP contribution in [-0.4, -0.2) is 29.0 Å². The number of carbonyl (C=O) groups excluding carboxylic acids is 1. The molecule has 1 aromatic carbocycles. The Morgan fingerprint density at radius 3 is 2.40 bits per heavy atom. The number of rotatable bonds is 7. The fourth-order valence-electron chi connectivity index (χ4n) is 2.23. The summed E-state index contributed by atoms with van der Waals surface area (Å²) in [7, 11) is 0. The van der Waals surface area contributed by atoms with Gasteiger partial charge in [-0.05, 0) is 44.5 Å². The van der Waals surface area contributed by atoms with E-state index < -0.39 is 11.7 Å². The summed E-state index contributed by atoms with van der Waals surface area (Å²) in [6.45, 7) is 4.22. The maximum atomic E-state index is 12.6. The third-order valence-corrected chi connectivity index (χ3v) is 3.40. The number of hydrogen-bond donors (Lipinski definition) is 0. The first kappa shape index (κ1) is 18.8. The fraction of sp³-hybridized carbons (Fsp3) is 0.412. The summed E-state index contributed by atoms with van der Waals surface area (Å²) in [4.78, 5) is 11.5. The highest BCUT2D eigenvalue weighted by Crippen LogP contribution is 2.30. The molecular weight excluding hydrogens is 337 g/mol. The largest absolute Gasteiger partial charge is 0.477 e. The summed E-state index contributed by atoms with van der Waals surface area (Å²) in [6, 6.07) is 4.66. The SMILES string of the molecule is CCOC(=O)CCc1cn(-c2ccc(C(F)(F)F)cc2)nc1OCC. The van der Waals surface area contributed by atoms with Crippen LogP contribution in [0.5, 0.6) is 5.88 Å². The minimum atomic E-state index is -4.38. The quantitative estimate of drug-likeness (QED) is 0.709. The number of esters is 1. The van der Waals surface area contributed by atoms with Gasteiger partial charge in [-0.1, -0.05) is 0 Å². The van der Waals surface area contributed by atoms with Crippen LogP contribution in [0.4, 0.5) is 13.2 Å². The Bertz CT molecular complexity index is 709. The summed E-state index contributed by atoms with van der Waals surface area (Å²) in [5, 5.41) is 4.25. The molecule has 0 atom stereocenters. The molecule has 0 bridgehead atoms. The van der Waals surface area contributed by atoms with Crippen molar-refractivity contribution in [3.8, 4) is 11.6 Å². The Labute approximate surface area is 143 Å². The minimum absolute atomic E-state index is 0.173. The van der Waals surface area contributed by atoms with Crippen molar-refractivity contribution >= 4 is 5.97 Å². The van der Waals surface area contributed by atoms with Crippen molar-refractivity contribution < 1.29 is 27.4 Å². The van der Waals surface area contributed by atoms with Gasteiger partial charge in [-0.25, -0.2) is 4.68 Å². The molecule has 0 saturated heterocycles. The monoisotopic (exact) mass is 356 g/mol. The second-order valence-corrected chi connectivity index (χ2v) is 5.19. The average Bonchev–Trinajstić information content (AvgIpc) is 2.96. The van der Waals surface area contributed by atoms with Crippen LogP contribution < -0.4 is 4.74 Å². The zero-order valence-electron chi connectivity index (χ0n) is 14.0. The van der Waals surface area contributed by atoms with Gasteiger partial charge in [0.05, 0.1) is 24.5 Å². The van der Waals surface area contributed by atoms with E-state index in [1.807, 2.05) is 0 Å². The molecule has 5 nitrogen and oxygen atoms in total. The molecule has 2 rings (SSSR count). The summed E-state index contributed by atoms with van der Waals surface area (Å²) in [5.74, 6) is 0.0268. The van der Waals surface area contributed by atoms with Crippen molar-refractivity contribution in [2.45, 2.75) is 32.9 Å². The predicted octanol–water partition coefficient (Wildman–Crippen LogP) is 3.79. The number of benzene rings is 1. The molecule has 8 heteroatoms. The van der Waals surface area contributed by atoms with Crippen LogP contribution in [0.1, 0.15) is 31.4 Å². The molecule has 1 aromatic heterocycles. The fourth-order valence-corrected chi connectivity index (χ4v) is 2.23. The third kappa shape index (κ3) is 4.98. The number of halogens is 3. The van der Waals surface area contributed by atoms with E-state index in [2.05, 4.69) is 5.10 Å². The molecule has 0 radical (unpaired) electrons. The van der Waals surface area contributed by atoms with Gasteiger partial charge in [0.15, 0.2) is 0 Å². The average molecular weight is 356 g/mol. The van der Waals surface area contributed by atoms with Gasteiger partial charge in [-0.3, -0.25) is 4.79 Å².